The van der Waals surface area contributed by atoms with Gasteiger partial charge >= 0.3 is 0 Å². The molecule has 0 atom stereocenters. The summed E-state index contributed by atoms with van der Waals surface area (Å²) in [6, 6.07) is 3.33. The summed E-state index contributed by atoms with van der Waals surface area (Å²) < 4.78 is 13.2. The highest BCUT2D eigenvalue weighted by Crippen LogP contribution is 2.16. The molecule has 0 saturated carbocycles. The van der Waals surface area contributed by atoms with Crippen LogP contribution in [0.25, 0.3) is 0 Å². The minimum atomic E-state index is -0.118. The van der Waals surface area contributed by atoms with Gasteiger partial charge in [-0.05, 0) is 38.1 Å². The number of aryl methyl sites for hydroxylation is 1. The molecule has 0 aliphatic rings. The predicted octanol–water partition coefficient (Wildman–Crippen LogP) is 2.16. The Morgan fingerprint density at radius 2 is 2.00 bits per heavy atom. The van der Waals surface area contributed by atoms with Crippen molar-refractivity contribution in [2.75, 3.05) is 7.05 Å². The molecule has 0 unspecified atom stereocenters. The standard InChI is InChI=1S/C10H14FN/c1-7-4-5-10(11)9(6-12-3)8(7)2/h4-5,12H,6H2,1-3H3. The van der Waals surface area contributed by atoms with Crippen molar-refractivity contribution in [3.8, 4) is 0 Å². The van der Waals surface area contributed by atoms with Crippen molar-refractivity contribution in [1.29, 1.82) is 0 Å². The molecule has 1 N–H and O–H groups in total. The summed E-state index contributed by atoms with van der Waals surface area (Å²) in [7, 11) is 1.82. The van der Waals surface area contributed by atoms with E-state index in [-0.39, 0.29) is 5.82 Å². The Kier molecular flexibility index (Phi) is 2.82. The molecule has 0 radical (unpaired) electrons. The van der Waals surface area contributed by atoms with Crippen LogP contribution in [-0.2, 0) is 6.54 Å². The summed E-state index contributed by atoms with van der Waals surface area (Å²) in [6.07, 6.45) is 0. The van der Waals surface area contributed by atoms with E-state index in [1.54, 1.807) is 0 Å². The highest BCUT2D eigenvalue weighted by atomic mass is 19.1. The second-order valence-corrected chi connectivity index (χ2v) is 3.00. The van der Waals surface area contributed by atoms with Crippen LogP contribution in [0.15, 0.2) is 12.1 Å². The summed E-state index contributed by atoms with van der Waals surface area (Å²) in [4.78, 5) is 0. The normalized spacial score (nSPS) is 10.3. The van der Waals surface area contributed by atoms with Gasteiger partial charge in [-0.15, -0.1) is 0 Å². The molecule has 2 heteroatoms. The van der Waals surface area contributed by atoms with Crippen molar-refractivity contribution >= 4 is 0 Å². The van der Waals surface area contributed by atoms with Gasteiger partial charge in [0, 0.05) is 12.1 Å². The van der Waals surface area contributed by atoms with Crippen LogP contribution in [0.5, 0.6) is 0 Å². The second kappa shape index (κ2) is 3.68. The lowest BCUT2D eigenvalue weighted by Crippen LogP contribution is -2.09. The SMILES string of the molecule is CNCc1c(F)ccc(C)c1C. The van der Waals surface area contributed by atoms with Gasteiger partial charge in [-0.2, -0.15) is 0 Å². The van der Waals surface area contributed by atoms with Crippen molar-refractivity contribution in [2.45, 2.75) is 20.4 Å². The molecular weight excluding hydrogens is 153 g/mol. The average molecular weight is 167 g/mol. The molecule has 0 aliphatic carbocycles. The van der Waals surface area contributed by atoms with Crippen LogP contribution < -0.4 is 5.32 Å². The number of hydrogen-bond donors (Lipinski definition) is 1. The number of nitrogens with one attached hydrogen (secondary N) is 1. The minimum absolute atomic E-state index is 0.118. The second-order valence-electron chi connectivity index (χ2n) is 3.00. The molecule has 0 heterocycles. The maximum atomic E-state index is 13.2. The Balaban J connectivity index is 3.14. The molecule has 0 saturated heterocycles. The molecule has 0 amide bonds. The molecule has 0 aromatic heterocycles. The van der Waals surface area contributed by atoms with Crippen molar-refractivity contribution in [2.24, 2.45) is 0 Å². The highest BCUT2D eigenvalue weighted by molar-refractivity contribution is 5.34. The van der Waals surface area contributed by atoms with Crippen LogP contribution in [0.2, 0.25) is 0 Å². The summed E-state index contributed by atoms with van der Waals surface area (Å²) in [5.74, 6) is -0.118. The van der Waals surface area contributed by atoms with Crippen LogP contribution >= 0.6 is 0 Å². The zero-order chi connectivity index (χ0) is 9.14. The van der Waals surface area contributed by atoms with E-state index in [1.165, 1.54) is 6.07 Å². The van der Waals surface area contributed by atoms with Gasteiger partial charge in [-0.3, -0.25) is 0 Å². The van der Waals surface area contributed by atoms with Gasteiger partial charge in [0.05, 0.1) is 0 Å². The van der Waals surface area contributed by atoms with Crippen molar-refractivity contribution in [3.63, 3.8) is 0 Å². The molecule has 66 valence electrons. The molecule has 1 rings (SSSR count). The molecule has 0 spiro atoms. The fourth-order valence-electron chi connectivity index (χ4n) is 1.23. The number of hydrogen-bond acceptors (Lipinski definition) is 1. The highest BCUT2D eigenvalue weighted by Gasteiger charge is 2.05. The maximum absolute atomic E-state index is 13.2. The molecule has 1 aromatic carbocycles. The topological polar surface area (TPSA) is 12.0 Å². The van der Waals surface area contributed by atoms with E-state index in [1.807, 2.05) is 27.0 Å². The van der Waals surface area contributed by atoms with E-state index in [0.29, 0.717) is 6.54 Å². The zero-order valence-electron chi connectivity index (χ0n) is 7.74. The third-order valence-corrected chi connectivity index (χ3v) is 2.17. The van der Waals surface area contributed by atoms with Crippen LogP contribution in [-0.4, -0.2) is 7.05 Å². The maximum Gasteiger partial charge on any atom is 0.127 e. The summed E-state index contributed by atoms with van der Waals surface area (Å²) >= 11 is 0. The monoisotopic (exact) mass is 167 g/mol. The lowest BCUT2D eigenvalue weighted by molar-refractivity contribution is 0.598. The minimum Gasteiger partial charge on any atom is -0.316 e. The first-order valence-electron chi connectivity index (χ1n) is 4.06. The van der Waals surface area contributed by atoms with E-state index < -0.39 is 0 Å². The van der Waals surface area contributed by atoms with E-state index in [0.717, 1.165) is 16.7 Å². The van der Waals surface area contributed by atoms with Crippen molar-refractivity contribution in [3.05, 3.63) is 34.6 Å². The number of rotatable bonds is 2. The fourth-order valence-corrected chi connectivity index (χ4v) is 1.23. The van der Waals surface area contributed by atoms with Gasteiger partial charge in [0.25, 0.3) is 0 Å². The molecule has 0 fully saturated rings. The van der Waals surface area contributed by atoms with Gasteiger partial charge in [-0.1, -0.05) is 6.07 Å². The van der Waals surface area contributed by atoms with Gasteiger partial charge in [0.15, 0.2) is 0 Å². The Morgan fingerprint density at radius 1 is 1.33 bits per heavy atom. The average Bonchev–Trinajstić information content (AvgIpc) is 2.06. The van der Waals surface area contributed by atoms with Gasteiger partial charge in [0.2, 0.25) is 0 Å². The predicted molar refractivity (Wildman–Crippen MR) is 48.6 cm³/mol. The Morgan fingerprint density at radius 3 is 2.58 bits per heavy atom. The lowest BCUT2D eigenvalue weighted by atomic mass is 10.0. The lowest BCUT2D eigenvalue weighted by Gasteiger charge is -2.08. The number of halogens is 1. The molecule has 0 bridgehead atoms. The van der Waals surface area contributed by atoms with E-state index in [9.17, 15) is 4.39 Å². The fraction of sp³-hybridized carbons (Fsp3) is 0.400. The Hall–Kier alpha value is -0.890. The van der Waals surface area contributed by atoms with E-state index >= 15 is 0 Å². The largest absolute Gasteiger partial charge is 0.316 e. The van der Waals surface area contributed by atoms with Crippen molar-refractivity contribution in [1.82, 2.24) is 5.32 Å². The first-order chi connectivity index (χ1) is 5.66. The van der Waals surface area contributed by atoms with E-state index in [2.05, 4.69) is 5.32 Å². The molecule has 0 aliphatic heterocycles. The Bertz CT molecular complexity index is 281. The third kappa shape index (κ3) is 1.64. The van der Waals surface area contributed by atoms with Gasteiger partial charge in [-0.25, -0.2) is 4.39 Å². The molecule has 1 nitrogen and oxygen atoms in total. The zero-order valence-corrected chi connectivity index (χ0v) is 7.74. The molecule has 1 aromatic rings. The van der Waals surface area contributed by atoms with Crippen molar-refractivity contribution < 1.29 is 4.39 Å². The van der Waals surface area contributed by atoms with E-state index in [4.69, 9.17) is 0 Å². The van der Waals surface area contributed by atoms with Crippen LogP contribution in [0.3, 0.4) is 0 Å². The summed E-state index contributed by atoms with van der Waals surface area (Å²) in [5, 5.41) is 2.95. The van der Waals surface area contributed by atoms with Gasteiger partial charge in [0.1, 0.15) is 5.82 Å². The Labute approximate surface area is 72.6 Å². The van der Waals surface area contributed by atoms with Crippen LogP contribution in [0.4, 0.5) is 4.39 Å². The smallest absolute Gasteiger partial charge is 0.127 e. The van der Waals surface area contributed by atoms with Crippen LogP contribution in [0.1, 0.15) is 16.7 Å². The van der Waals surface area contributed by atoms with Gasteiger partial charge < -0.3 is 5.32 Å². The summed E-state index contributed by atoms with van der Waals surface area (Å²) in [6.45, 7) is 4.54. The first-order valence-corrected chi connectivity index (χ1v) is 4.06. The third-order valence-electron chi connectivity index (χ3n) is 2.17. The molecule has 12 heavy (non-hydrogen) atoms. The quantitative estimate of drug-likeness (QED) is 0.711. The number of benzene rings is 1. The molecular formula is C10H14FN. The summed E-state index contributed by atoms with van der Waals surface area (Å²) in [5.41, 5.74) is 2.96. The first kappa shape index (κ1) is 9.20. The van der Waals surface area contributed by atoms with Crippen LogP contribution in [0, 0.1) is 19.7 Å².